The fourth-order valence-electron chi connectivity index (χ4n) is 2.62. The maximum absolute atomic E-state index is 11.9. The van der Waals surface area contributed by atoms with Gasteiger partial charge in [0.25, 0.3) is 5.91 Å². The number of ether oxygens (including phenoxy) is 1. The maximum atomic E-state index is 11.9. The van der Waals surface area contributed by atoms with Crippen molar-refractivity contribution in [1.29, 1.82) is 0 Å². The first kappa shape index (κ1) is 11.9. The molecule has 1 saturated heterocycles. The lowest BCUT2D eigenvalue weighted by Crippen LogP contribution is -2.51. The van der Waals surface area contributed by atoms with E-state index >= 15 is 0 Å². The molecule has 0 aromatic rings. The molecule has 0 spiro atoms. The molecular weight excluding hydrogens is 206 g/mol. The monoisotopic (exact) mass is 227 g/mol. The summed E-state index contributed by atoms with van der Waals surface area (Å²) in [4.78, 5) is 11.9. The van der Waals surface area contributed by atoms with Gasteiger partial charge >= 0.3 is 0 Å². The van der Waals surface area contributed by atoms with E-state index in [1.54, 1.807) is 0 Å². The van der Waals surface area contributed by atoms with Gasteiger partial charge in [0.15, 0.2) is 0 Å². The van der Waals surface area contributed by atoms with Crippen molar-refractivity contribution in [3.63, 3.8) is 0 Å². The third-order valence-electron chi connectivity index (χ3n) is 3.73. The summed E-state index contributed by atoms with van der Waals surface area (Å²) >= 11 is 0. The topological polar surface area (TPSA) is 58.6 Å². The maximum Gasteiger partial charge on any atom is 0.252 e. The van der Waals surface area contributed by atoms with Gasteiger partial charge in [0.1, 0.15) is 5.60 Å². The molecule has 2 rings (SSSR count). The van der Waals surface area contributed by atoms with E-state index in [1.807, 2.05) is 6.92 Å². The van der Waals surface area contributed by atoms with Crippen molar-refractivity contribution in [2.45, 2.75) is 63.2 Å². The molecule has 4 nitrogen and oxygen atoms in total. The average Bonchev–Trinajstić information content (AvgIpc) is 2.88. The molecule has 1 saturated carbocycles. The lowest BCUT2D eigenvalue weighted by molar-refractivity contribution is -0.140. The van der Waals surface area contributed by atoms with Gasteiger partial charge in [0.05, 0.1) is 12.1 Å². The summed E-state index contributed by atoms with van der Waals surface area (Å²) in [5.41, 5.74) is -1.12. The lowest BCUT2D eigenvalue weighted by Gasteiger charge is -2.26. The molecule has 92 valence electrons. The van der Waals surface area contributed by atoms with Gasteiger partial charge in [-0.25, -0.2) is 0 Å². The summed E-state index contributed by atoms with van der Waals surface area (Å²) in [5, 5.41) is 13.0. The molecule has 1 aliphatic heterocycles. The smallest absolute Gasteiger partial charge is 0.252 e. The Labute approximate surface area is 96.4 Å². The standard InChI is InChI=1S/C12H21NO3/c1-9(10-5-4-8-16-10)13-11(14)12(15)6-2-3-7-12/h9-10,15H,2-8H2,1H3,(H,13,14). The zero-order valence-electron chi connectivity index (χ0n) is 9.87. The fraction of sp³-hybridized carbons (Fsp3) is 0.917. The van der Waals surface area contributed by atoms with Crippen LogP contribution in [0.4, 0.5) is 0 Å². The Morgan fingerprint density at radius 2 is 2.12 bits per heavy atom. The summed E-state index contributed by atoms with van der Waals surface area (Å²) < 4.78 is 5.51. The minimum Gasteiger partial charge on any atom is -0.380 e. The molecule has 1 aliphatic carbocycles. The van der Waals surface area contributed by atoms with Crippen molar-refractivity contribution < 1.29 is 14.6 Å². The van der Waals surface area contributed by atoms with E-state index in [1.165, 1.54) is 0 Å². The van der Waals surface area contributed by atoms with E-state index in [0.29, 0.717) is 12.8 Å². The minimum atomic E-state index is -1.12. The normalized spacial score (nSPS) is 30.2. The van der Waals surface area contributed by atoms with Crippen LogP contribution < -0.4 is 5.32 Å². The second-order valence-electron chi connectivity index (χ2n) is 5.05. The Hall–Kier alpha value is -0.610. The van der Waals surface area contributed by atoms with Gasteiger partial charge in [-0.2, -0.15) is 0 Å². The van der Waals surface area contributed by atoms with E-state index in [9.17, 15) is 9.90 Å². The molecule has 2 atom stereocenters. The van der Waals surface area contributed by atoms with E-state index in [0.717, 1.165) is 32.3 Å². The number of carbonyl (C=O) groups excluding carboxylic acids is 1. The second kappa shape index (κ2) is 4.72. The van der Waals surface area contributed by atoms with Crippen LogP contribution >= 0.6 is 0 Å². The van der Waals surface area contributed by atoms with Crippen molar-refractivity contribution >= 4 is 5.91 Å². The van der Waals surface area contributed by atoms with E-state index in [2.05, 4.69) is 5.32 Å². The van der Waals surface area contributed by atoms with Gasteiger partial charge in [-0.15, -0.1) is 0 Å². The highest BCUT2D eigenvalue weighted by atomic mass is 16.5. The van der Waals surface area contributed by atoms with Gasteiger partial charge in [0, 0.05) is 6.61 Å². The molecule has 2 aliphatic rings. The van der Waals surface area contributed by atoms with Crippen LogP contribution in [0.1, 0.15) is 45.4 Å². The minimum absolute atomic E-state index is 0.000347. The summed E-state index contributed by atoms with van der Waals surface area (Å²) in [6, 6.07) is -0.000347. The van der Waals surface area contributed by atoms with E-state index < -0.39 is 5.60 Å². The van der Waals surface area contributed by atoms with Crippen LogP contribution in [0.5, 0.6) is 0 Å². The van der Waals surface area contributed by atoms with Crippen LogP contribution in [0.15, 0.2) is 0 Å². The molecule has 0 bridgehead atoms. The summed E-state index contributed by atoms with van der Waals surface area (Å²) in [6.45, 7) is 2.74. The predicted molar refractivity (Wildman–Crippen MR) is 60.0 cm³/mol. The molecule has 1 heterocycles. The number of hydrogen-bond acceptors (Lipinski definition) is 3. The van der Waals surface area contributed by atoms with Crippen LogP contribution in [-0.2, 0) is 9.53 Å². The molecule has 16 heavy (non-hydrogen) atoms. The van der Waals surface area contributed by atoms with Crippen LogP contribution in [0.25, 0.3) is 0 Å². The van der Waals surface area contributed by atoms with Crippen molar-refractivity contribution in [3.8, 4) is 0 Å². The van der Waals surface area contributed by atoms with Gasteiger partial charge in [0.2, 0.25) is 0 Å². The summed E-state index contributed by atoms with van der Waals surface area (Å²) in [7, 11) is 0. The lowest BCUT2D eigenvalue weighted by atomic mass is 10.00. The zero-order chi connectivity index (χ0) is 11.6. The molecule has 2 fully saturated rings. The predicted octanol–water partition coefficient (Wildman–Crippen LogP) is 0.975. The molecule has 0 aromatic carbocycles. The number of hydrogen-bond donors (Lipinski definition) is 2. The van der Waals surface area contributed by atoms with Crippen LogP contribution in [0.2, 0.25) is 0 Å². The molecule has 0 radical (unpaired) electrons. The van der Waals surface area contributed by atoms with Crippen LogP contribution in [0.3, 0.4) is 0 Å². The number of amides is 1. The van der Waals surface area contributed by atoms with Crippen molar-refractivity contribution in [2.75, 3.05) is 6.61 Å². The number of nitrogens with one attached hydrogen (secondary N) is 1. The Bertz CT molecular complexity index is 255. The van der Waals surface area contributed by atoms with Gasteiger partial charge < -0.3 is 15.2 Å². The van der Waals surface area contributed by atoms with Gasteiger partial charge in [-0.1, -0.05) is 0 Å². The molecule has 1 amide bonds. The fourth-order valence-corrected chi connectivity index (χ4v) is 2.62. The molecule has 2 N–H and O–H groups in total. The highest BCUT2D eigenvalue weighted by Crippen LogP contribution is 2.29. The Balaban J connectivity index is 1.86. The number of aliphatic hydroxyl groups is 1. The average molecular weight is 227 g/mol. The van der Waals surface area contributed by atoms with Crippen LogP contribution in [-0.4, -0.2) is 35.4 Å². The first-order valence-electron chi connectivity index (χ1n) is 6.27. The van der Waals surface area contributed by atoms with Gasteiger partial charge in [-0.05, 0) is 45.4 Å². The SMILES string of the molecule is CC(NC(=O)C1(O)CCCC1)C1CCCO1. The highest BCUT2D eigenvalue weighted by Gasteiger charge is 2.40. The first-order valence-corrected chi connectivity index (χ1v) is 6.27. The second-order valence-corrected chi connectivity index (χ2v) is 5.05. The quantitative estimate of drug-likeness (QED) is 0.755. The molecule has 0 aromatic heterocycles. The van der Waals surface area contributed by atoms with E-state index in [4.69, 9.17) is 4.74 Å². The summed E-state index contributed by atoms with van der Waals surface area (Å²) in [5.74, 6) is -0.215. The third-order valence-corrected chi connectivity index (χ3v) is 3.73. The van der Waals surface area contributed by atoms with Gasteiger partial charge in [-0.3, -0.25) is 4.79 Å². The number of carbonyl (C=O) groups is 1. The van der Waals surface area contributed by atoms with Crippen molar-refractivity contribution in [3.05, 3.63) is 0 Å². The largest absolute Gasteiger partial charge is 0.380 e. The molecular formula is C12H21NO3. The third kappa shape index (κ3) is 2.38. The highest BCUT2D eigenvalue weighted by molar-refractivity contribution is 5.85. The molecule has 4 heteroatoms. The zero-order valence-corrected chi connectivity index (χ0v) is 9.87. The Morgan fingerprint density at radius 1 is 1.44 bits per heavy atom. The Morgan fingerprint density at radius 3 is 2.69 bits per heavy atom. The van der Waals surface area contributed by atoms with Crippen molar-refractivity contribution in [2.24, 2.45) is 0 Å². The summed E-state index contributed by atoms with van der Waals surface area (Å²) in [6.07, 6.45) is 5.26. The van der Waals surface area contributed by atoms with Crippen LogP contribution in [0, 0.1) is 0 Å². The Kier molecular flexibility index (Phi) is 3.50. The first-order chi connectivity index (χ1) is 7.62. The number of rotatable bonds is 3. The molecule has 2 unspecified atom stereocenters. The van der Waals surface area contributed by atoms with E-state index in [-0.39, 0.29) is 18.1 Å². The van der Waals surface area contributed by atoms with Crippen molar-refractivity contribution in [1.82, 2.24) is 5.32 Å².